The smallest absolute Gasteiger partial charge is 0.241 e. The summed E-state index contributed by atoms with van der Waals surface area (Å²) in [4.78, 5) is 11.9. The predicted octanol–water partition coefficient (Wildman–Crippen LogP) is 1.64. The summed E-state index contributed by atoms with van der Waals surface area (Å²) in [6, 6.07) is 8.91. The van der Waals surface area contributed by atoms with Crippen LogP contribution in [0.15, 0.2) is 24.3 Å². The van der Waals surface area contributed by atoms with E-state index in [1.54, 1.807) is 24.3 Å². The molecule has 1 unspecified atom stereocenters. The second-order valence-corrected chi connectivity index (χ2v) is 4.18. The van der Waals surface area contributed by atoms with Crippen molar-refractivity contribution in [1.82, 2.24) is 5.32 Å². The first-order valence-electron chi connectivity index (χ1n) is 5.84. The number of nitrogens with zero attached hydrogens (tertiary/aromatic N) is 1. The van der Waals surface area contributed by atoms with Crippen LogP contribution in [0.4, 0.5) is 5.69 Å². The lowest BCUT2D eigenvalue weighted by Gasteiger charge is -2.22. The lowest BCUT2D eigenvalue weighted by molar-refractivity contribution is -0.118. The summed E-state index contributed by atoms with van der Waals surface area (Å²) in [6.07, 6.45) is 3.10. The van der Waals surface area contributed by atoms with Crippen LogP contribution in [0.25, 0.3) is 0 Å². The van der Waals surface area contributed by atoms with Crippen LogP contribution in [-0.2, 0) is 4.79 Å². The molecule has 88 valence electrons. The number of carbonyl (C=O) groups excluding carboxylic acids is 1. The van der Waals surface area contributed by atoms with Gasteiger partial charge in [-0.15, -0.1) is 0 Å². The summed E-state index contributed by atoms with van der Waals surface area (Å²) >= 11 is 0. The Labute approximate surface area is 101 Å². The molecule has 1 aliphatic heterocycles. The molecule has 1 aromatic carbocycles. The van der Waals surface area contributed by atoms with E-state index in [1.165, 1.54) is 0 Å². The molecular weight excluding hydrogens is 214 g/mol. The number of anilines is 1. The maximum absolute atomic E-state index is 11.9. The molecule has 1 fully saturated rings. The summed E-state index contributed by atoms with van der Waals surface area (Å²) in [5.74, 6) is -0.0141. The average Bonchev–Trinajstić information content (AvgIpc) is 2.40. The molecule has 1 saturated heterocycles. The minimum Gasteiger partial charge on any atom is -0.325 e. The van der Waals surface area contributed by atoms with Gasteiger partial charge in [0, 0.05) is 5.69 Å². The largest absolute Gasteiger partial charge is 0.325 e. The molecule has 0 aliphatic carbocycles. The summed E-state index contributed by atoms with van der Waals surface area (Å²) in [7, 11) is 0. The fourth-order valence-corrected chi connectivity index (χ4v) is 1.97. The molecule has 1 heterocycles. The highest BCUT2D eigenvalue weighted by Crippen LogP contribution is 2.13. The minimum atomic E-state index is -0.102. The summed E-state index contributed by atoms with van der Waals surface area (Å²) < 4.78 is 0. The van der Waals surface area contributed by atoms with Crippen LogP contribution < -0.4 is 10.6 Å². The number of carbonyl (C=O) groups is 1. The topological polar surface area (TPSA) is 64.9 Å². The second-order valence-electron chi connectivity index (χ2n) is 4.18. The number of hydrogen-bond donors (Lipinski definition) is 2. The highest BCUT2D eigenvalue weighted by Gasteiger charge is 2.20. The fourth-order valence-electron chi connectivity index (χ4n) is 1.97. The van der Waals surface area contributed by atoms with Gasteiger partial charge in [-0.1, -0.05) is 12.5 Å². The molecule has 4 heteroatoms. The third kappa shape index (κ3) is 3.05. The van der Waals surface area contributed by atoms with Crippen molar-refractivity contribution in [2.45, 2.75) is 25.3 Å². The van der Waals surface area contributed by atoms with Crippen LogP contribution in [0.3, 0.4) is 0 Å². The van der Waals surface area contributed by atoms with Crippen molar-refractivity contribution in [3.8, 4) is 6.07 Å². The number of amides is 1. The van der Waals surface area contributed by atoms with E-state index in [4.69, 9.17) is 5.26 Å². The Hall–Kier alpha value is -1.86. The minimum absolute atomic E-state index is 0.0141. The Kier molecular flexibility index (Phi) is 3.73. The summed E-state index contributed by atoms with van der Waals surface area (Å²) in [6.45, 7) is 0.899. The van der Waals surface area contributed by atoms with Gasteiger partial charge in [-0.3, -0.25) is 4.79 Å². The first-order chi connectivity index (χ1) is 8.29. The lowest BCUT2D eigenvalue weighted by atomic mass is 10.0. The number of rotatable bonds is 2. The molecule has 17 heavy (non-hydrogen) atoms. The van der Waals surface area contributed by atoms with Crippen molar-refractivity contribution in [3.05, 3.63) is 29.8 Å². The summed E-state index contributed by atoms with van der Waals surface area (Å²) in [5.41, 5.74) is 1.24. The van der Waals surface area contributed by atoms with Crippen LogP contribution in [0, 0.1) is 11.3 Å². The van der Waals surface area contributed by atoms with Crippen LogP contribution >= 0.6 is 0 Å². The molecule has 0 saturated carbocycles. The molecule has 2 N–H and O–H groups in total. The third-order valence-corrected chi connectivity index (χ3v) is 2.89. The number of nitrogens with one attached hydrogen (secondary N) is 2. The molecule has 1 aromatic rings. The van der Waals surface area contributed by atoms with E-state index in [-0.39, 0.29) is 11.9 Å². The van der Waals surface area contributed by atoms with Crippen molar-refractivity contribution in [2.24, 2.45) is 0 Å². The van der Waals surface area contributed by atoms with Gasteiger partial charge in [-0.05, 0) is 37.6 Å². The highest BCUT2D eigenvalue weighted by atomic mass is 16.2. The van der Waals surface area contributed by atoms with E-state index >= 15 is 0 Å². The number of piperidine rings is 1. The van der Waals surface area contributed by atoms with Crippen molar-refractivity contribution in [3.63, 3.8) is 0 Å². The fraction of sp³-hybridized carbons (Fsp3) is 0.385. The molecular formula is C13H15N3O. The first-order valence-corrected chi connectivity index (χ1v) is 5.84. The molecule has 0 bridgehead atoms. The highest BCUT2D eigenvalue weighted by molar-refractivity contribution is 5.95. The molecule has 0 spiro atoms. The molecule has 1 aliphatic rings. The standard InChI is InChI=1S/C13H15N3O/c14-9-10-4-3-5-11(8-10)16-13(17)12-6-1-2-7-15-12/h3-5,8,12,15H,1-2,6-7H2,(H,16,17). The van der Waals surface area contributed by atoms with Gasteiger partial charge in [0.05, 0.1) is 17.7 Å². The van der Waals surface area contributed by atoms with Gasteiger partial charge in [0.1, 0.15) is 0 Å². The van der Waals surface area contributed by atoms with Gasteiger partial charge in [0.25, 0.3) is 0 Å². The zero-order valence-corrected chi connectivity index (χ0v) is 9.57. The molecule has 2 rings (SSSR count). The predicted molar refractivity (Wildman–Crippen MR) is 65.4 cm³/mol. The third-order valence-electron chi connectivity index (χ3n) is 2.89. The number of nitriles is 1. The Bertz CT molecular complexity index is 444. The maximum Gasteiger partial charge on any atom is 0.241 e. The van der Waals surface area contributed by atoms with Gasteiger partial charge >= 0.3 is 0 Å². The monoisotopic (exact) mass is 229 g/mol. The van der Waals surface area contributed by atoms with E-state index in [0.717, 1.165) is 25.8 Å². The molecule has 1 amide bonds. The number of hydrogen-bond acceptors (Lipinski definition) is 3. The van der Waals surface area contributed by atoms with Crippen LogP contribution in [0.5, 0.6) is 0 Å². The van der Waals surface area contributed by atoms with Gasteiger partial charge in [-0.2, -0.15) is 5.26 Å². The van der Waals surface area contributed by atoms with Crippen molar-refractivity contribution < 1.29 is 4.79 Å². The van der Waals surface area contributed by atoms with Crippen molar-refractivity contribution in [1.29, 1.82) is 5.26 Å². The molecule has 0 radical (unpaired) electrons. The lowest BCUT2D eigenvalue weighted by Crippen LogP contribution is -2.43. The number of benzene rings is 1. The zero-order valence-electron chi connectivity index (χ0n) is 9.57. The van der Waals surface area contributed by atoms with E-state index in [1.807, 2.05) is 0 Å². The van der Waals surface area contributed by atoms with Crippen molar-refractivity contribution in [2.75, 3.05) is 11.9 Å². The first kappa shape index (κ1) is 11.6. The second kappa shape index (κ2) is 5.46. The van der Waals surface area contributed by atoms with Gasteiger partial charge in [0.15, 0.2) is 0 Å². The van der Waals surface area contributed by atoms with E-state index < -0.39 is 0 Å². The Morgan fingerprint density at radius 3 is 3.06 bits per heavy atom. The van der Waals surface area contributed by atoms with Crippen LogP contribution in [0.1, 0.15) is 24.8 Å². The van der Waals surface area contributed by atoms with Gasteiger partial charge in [-0.25, -0.2) is 0 Å². The Balaban J connectivity index is 1.99. The molecule has 4 nitrogen and oxygen atoms in total. The van der Waals surface area contributed by atoms with Gasteiger partial charge < -0.3 is 10.6 Å². The van der Waals surface area contributed by atoms with Crippen LogP contribution in [0.2, 0.25) is 0 Å². The van der Waals surface area contributed by atoms with Crippen molar-refractivity contribution >= 4 is 11.6 Å². The summed E-state index contributed by atoms with van der Waals surface area (Å²) in [5, 5.41) is 14.8. The van der Waals surface area contributed by atoms with Crippen LogP contribution in [-0.4, -0.2) is 18.5 Å². The molecule has 1 atom stereocenters. The molecule has 0 aromatic heterocycles. The average molecular weight is 229 g/mol. The zero-order chi connectivity index (χ0) is 12.1. The normalized spacial score (nSPS) is 19.4. The van der Waals surface area contributed by atoms with E-state index in [9.17, 15) is 4.79 Å². The Morgan fingerprint density at radius 1 is 1.47 bits per heavy atom. The maximum atomic E-state index is 11.9. The van der Waals surface area contributed by atoms with E-state index in [0.29, 0.717) is 11.3 Å². The van der Waals surface area contributed by atoms with Gasteiger partial charge in [0.2, 0.25) is 5.91 Å². The quantitative estimate of drug-likeness (QED) is 0.810. The van der Waals surface area contributed by atoms with E-state index in [2.05, 4.69) is 16.7 Å². The SMILES string of the molecule is N#Cc1cccc(NC(=O)C2CCCCN2)c1. The Morgan fingerprint density at radius 2 is 2.35 bits per heavy atom.